The van der Waals surface area contributed by atoms with Crippen molar-refractivity contribution in [3.63, 3.8) is 0 Å². The van der Waals surface area contributed by atoms with Crippen molar-refractivity contribution in [2.75, 3.05) is 0 Å². The van der Waals surface area contributed by atoms with Gasteiger partial charge in [0.2, 0.25) is 0 Å². The predicted molar refractivity (Wildman–Crippen MR) is 41.5 cm³/mol. The third kappa shape index (κ3) is 2.19. The number of hydrogen-bond donors (Lipinski definition) is 1. The second kappa shape index (κ2) is 2.71. The lowest BCUT2D eigenvalue weighted by atomic mass is 9.90. The van der Waals surface area contributed by atoms with Crippen molar-refractivity contribution in [2.45, 2.75) is 44.8 Å². The molecular weight excluding hydrogens is 160 g/mol. The van der Waals surface area contributed by atoms with Crippen LogP contribution in [0.15, 0.2) is 0 Å². The predicted octanol–water partition coefficient (Wildman–Crippen LogP) is 1.35. The molecule has 4 nitrogen and oxygen atoms in total. The van der Waals surface area contributed by atoms with E-state index in [0.717, 1.165) is 0 Å². The first-order chi connectivity index (χ1) is 5.33. The molecule has 0 saturated carbocycles. The van der Waals surface area contributed by atoms with Crippen LogP contribution in [0.2, 0.25) is 0 Å². The lowest BCUT2D eigenvalue weighted by Gasteiger charge is -2.17. The Kier molecular flexibility index (Phi) is 2.14. The highest BCUT2D eigenvalue weighted by Gasteiger charge is 2.44. The second-order valence-corrected chi connectivity index (χ2v) is 4.12. The van der Waals surface area contributed by atoms with Crippen molar-refractivity contribution in [1.82, 2.24) is 0 Å². The van der Waals surface area contributed by atoms with E-state index in [4.69, 9.17) is 14.9 Å². The Morgan fingerprint density at radius 2 is 2.00 bits per heavy atom. The first-order valence-electron chi connectivity index (χ1n) is 3.92. The third-order valence-electron chi connectivity index (χ3n) is 1.79. The van der Waals surface area contributed by atoms with E-state index in [1.54, 1.807) is 6.92 Å². The molecule has 1 N–H and O–H groups in total. The fourth-order valence-electron chi connectivity index (χ4n) is 1.58. The molecule has 1 aliphatic heterocycles. The number of hydrogen-bond acceptors (Lipinski definition) is 3. The number of carboxylic acids is 1. The Labute approximate surface area is 71.4 Å². The van der Waals surface area contributed by atoms with E-state index in [1.807, 2.05) is 13.8 Å². The molecule has 0 aromatic rings. The molecule has 1 atom stereocenters. The normalized spacial score (nSPS) is 33.6. The highest BCUT2D eigenvalue weighted by molar-refractivity contribution is 5.68. The standard InChI is InChI=1S/C8H14O4/c1-7(2)5-8(3,12-11-7)4-6(9)10/h4-5H2,1-3H3,(H,9,10)/t8-/m0/s1. The van der Waals surface area contributed by atoms with Crippen LogP contribution in [0.5, 0.6) is 0 Å². The van der Waals surface area contributed by atoms with Gasteiger partial charge in [-0.05, 0) is 20.8 Å². The van der Waals surface area contributed by atoms with Crippen LogP contribution in [0, 0.1) is 0 Å². The van der Waals surface area contributed by atoms with Crippen molar-refractivity contribution >= 4 is 5.97 Å². The molecule has 0 radical (unpaired) electrons. The van der Waals surface area contributed by atoms with Crippen LogP contribution < -0.4 is 0 Å². The van der Waals surface area contributed by atoms with Gasteiger partial charge in [-0.2, -0.15) is 0 Å². The fourth-order valence-corrected chi connectivity index (χ4v) is 1.58. The van der Waals surface area contributed by atoms with Crippen LogP contribution in [-0.4, -0.2) is 22.3 Å². The molecule has 0 amide bonds. The van der Waals surface area contributed by atoms with Gasteiger partial charge in [0, 0.05) is 6.42 Å². The van der Waals surface area contributed by atoms with Gasteiger partial charge in [-0.3, -0.25) is 4.79 Å². The summed E-state index contributed by atoms with van der Waals surface area (Å²) in [6.45, 7) is 5.50. The van der Waals surface area contributed by atoms with E-state index in [2.05, 4.69) is 0 Å². The summed E-state index contributed by atoms with van der Waals surface area (Å²) in [7, 11) is 0. The topological polar surface area (TPSA) is 55.8 Å². The molecule has 0 bridgehead atoms. The Balaban J connectivity index is 2.58. The van der Waals surface area contributed by atoms with Gasteiger partial charge in [0.05, 0.1) is 6.42 Å². The zero-order valence-corrected chi connectivity index (χ0v) is 7.59. The molecule has 70 valence electrons. The van der Waals surface area contributed by atoms with Gasteiger partial charge in [-0.1, -0.05) is 0 Å². The summed E-state index contributed by atoms with van der Waals surface area (Å²) in [4.78, 5) is 20.4. The van der Waals surface area contributed by atoms with E-state index in [0.29, 0.717) is 6.42 Å². The molecule has 0 aliphatic carbocycles. The maximum Gasteiger partial charge on any atom is 0.306 e. The number of rotatable bonds is 2. The highest BCUT2D eigenvalue weighted by atomic mass is 17.2. The minimum absolute atomic E-state index is 0.0174. The molecule has 0 spiro atoms. The average molecular weight is 174 g/mol. The zero-order chi connectivity index (χ0) is 9.41. The molecule has 12 heavy (non-hydrogen) atoms. The lowest BCUT2D eigenvalue weighted by Crippen LogP contribution is -2.29. The minimum atomic E-state index is -0.862. The van der Waals surface area contributed by atoms with Crippen LogP contribution in [0.3, 0.4) is 0 Å². The molecule has 1 rings (SSSR count). The molecule has 0 unspecified atom stereocenters. The summed E-state index contributed by atoms with van der Waals surface area (Å²) in [5.41, 5.74) is -1.04. The lowest BCUT2D eigenvalue weighted by molar-refractivity contribution is -0.341. The molecule has 1 aliphatic rings. The number of carboxylic acid groups (broad SMARTS) is 1. The summed E-state index contributed by atoms with van der Waals surface area (Å²) in [5, 5.41) is 8.57. The second-order valence-electron chi connectivity index (χ2n) is 4.12. The van der Waals surface area contributed by atoms with Crippen molar-refractivity contribution < 1.29 is 19.7 Å². The van der Waals surface area contributed by atoms with E-state index in [1.165, 1.54) is 0 Å². The molecule has 0 aromatic carbocycles. The SMILES string of the molecule is CC1(C)C[C@](C)(CC(=O)O)OO1. The maximum absolute atomic E-state index is 10.4. The minimum Gasteiger partial charge on any atom is -0.481 e. The molecular formula is C8H14O4. The number of carbonyl (C=O) groups is 1. The largest absolute Gasteiger partial charge is 0.481 e. The van der Waals surface area contributed by atoms with E-state index in [-0.39, 0.29) is 12.0 Å². The van der Waals surface area contributed by atoms with Gasteiger partial charge in [-0.15, -0.1) is 0 Å². The molecule has 1 heterocycles. The first-order valence-corrected chi connectivity index (χ1v) is 3.92. The third-order valence-corrected chi connectivity index (χ3v) is 1.79. The summed E-state index contributed by atoms with van der Waals surface area (Å²) in [5.74, 6) is -0.862. The Hall–Kier alpha value is -0.610. The fraction of sp³-hybridized carbons (Fsp3) is 0.875. The van der Waals surface area contributed by atoms with Crippen LogP contribution >= 0.6 is 0 Å². The van der Waals surface area contributed by atoms with Gasteiger partial charge in [0.15, 0.2) is 0 Å². The van der Waals surface area contributed by atoms with E-state index < -0.39 is 11.6 Å². The first kappa shape index (κ1) is 9.48. The smallest absolute Gasteiger partial charge is 0.306 e. The summed E-state index contributed by atoms with van der Waals surface area (Å²) in [6.07, 6.45) is 0.586. The van der Waals surface area contributed by atoms with Gasteiger partial charge in [0.25, 0.3) is 0 Å². The van der Waals surface area contributed by atoms with Gasteiger partial charge >= 0.3 is 5.97 Å². The summed E-state index contributed by atoms with van der Waals surface area (Å²) >= 11 is 0. The summed E-state index contributed by atoms with van der Waals surface area (Å²) in [6, 6.07) is 0. The van der Waals surface area contributed by atoms with Crippen LogP contribution in [-0.2, 0) is 14.6 Å². The zero-order valence-electron chi connectivity index (χ0n) is 7.59. The van der Waals surface area contributed by atoms with Crippen molar-refractivity contribution in [2.24, 2.45) is 0 Å². The van der Waals surface area contributed by atoms with Gasteiger partial charge < -0.3 is 5.11 Å². The Morgan fingerprint density at radius 3 is 2.33 bits per heavy atom. The average Bonchev–Trinajstić information content (AvgIpc) is 2.03. The number of aliphatic carboxylic acids is 1. The van der Waals surface area contributed by atoms with Crippen molar-refractivity contribution in [3.8, 4) is 0 Å². The Bertz CT molecular complexity index is 199. The molecule has 4 heteroatoms. The Morgan fingerprint density at radius 1 is 1.42 bits per heavy atom. The molecule has 0 aromatic heterocycles. The van der Waals surface area contributed by atoms with Crippen molar-refractivity contribution in [1.29, 1.82) is 0 Å². The van der Waals surface area contributed by atoms with E-state index in [9.17, 15) is 4.79 Å². The monoisotopic (exact) mass is 174 g/mol. The van der Waals surface area contributed by atoms with Crippen molar-refractivity contribution in [3.05, 3.63) is 0 Å². The van der Waals surface area contributed by atoms with Gasteiger partial charge in [0.1, 0.15) is 11.2 Å². The van der Waals surface area contributed by atoms with Crippen LogP contribution in [0.25, 0.3) is 0 Å². The van der Waals surface area contributed by atoms with E-state index >= 15 is 0 Å². The maximum atomic E-state index is 10.4. The quantitative estimate of drug-likeness (QED) is 0.642. The van der Waals surface area contributed by atoms with Crippen LogP contribution in [0.4, 0.5) is 0 Å². The molecule has 1 fully saturated rings. The molecule has 1 saturated heterocycles. The van der Waals surface area contributed by atoms with Gasteiger partial charge in [-0.25, -0.2) is 9.78 Å². The van der Waals surface area contributed by atoms with Crippen LogP contribution in [0.1, 0.15) is 33.6 Å². The summed E-state index contributed by atoms with van der Waals surface area (Å²) < 4.78 is 0. The highest BCUT2D eigenvalue weighted by Crippen LogP contribution is 2.37.